The van der Waals surface area contributed by atoms with Crippen LogP contribution in [-0.4, -0.2) is 36.4 Å². The Labute approximate surface area is 229 Å². The van der Waals surface area contributed by atoms with Crippen LogP contribution in [0.15, 0.2) is 78.2 Å². The lowest BCUT2D eigenvalue weighted by Crippen LogP contribution is -2.27. The highest BCUT2D eigenvalue weighted by atomic mass is 32.2. The van der Waals surface area contributed by atoms with Crippen LogP contribution in [0.5, 0.6) is 17.2 Å². The second kappa shape index (κ2) is 14.9. The van der Waals surface area contributed by atoms with E-state index in [9.17, 15) is 9.59 Å². The third-order valence-corrected chi connectivity index (χ3v) is 6.83. The Morgan fingerprint density at radius 1 is 1.00 bits per heavy atom. The van der Waals surface area contributed by atoms with Gasteiger partial charge < -0.3 is 14.2 Å². The van der Waals surface area contributed by atoms with E-state index in [1.165, 1.54) is 18.9 Å². The van der Waals surface area contributed by atoms with Crippen molar-refractivity contribution in [2.45, 2.75) is 44.4 Å². The molecule has 3 rings (SSSR count). The van der Waals surface area contributed by atoms with Crippen LogP contribution in [-0.2, 0) is 11.2 Å². The number of amides is 1. The summed E-state index contributed by atoms with van der Waals surface area (Å²) in [5.41, 5.74) is 2.14. The SMILES string of the molecule is C=Cc1c(C(=O)N(CCc2ccc(OC(C)=O)cc2)Sc2ccccc2)ccc(OC)c1OCCCCC. The molecule has 0 spiro atoms. The van der Waals surface area contributed by atoms with E-state index < -0.39 is 0 Å². The maximum Gasteiger partial charge on any atom is 0.308 e. The number of carbonyl (C=O) groups excluding carboxylic acids is 2. The third-order valence-electron chi connectivity index (χ3n) is 5.78. The predicted molar refractivity (Wildman–Crippen MR) is 153 cm³/mol. The van der Waals surface area contributed by atoms with Gasteiger partial charge >= 0.3 is 5.97 Å². The maximum absolute atomic E-state index is 14.0. The highest BCUT2D eigenvalue weighted by Crippen LogP contribution is 2.36. The molecule has 0 aromatic heterocycles. The van der Waals surface area contributed by atoms with Crippen LogP contribution in [0, 0.1) is 0 Å². The van der Waals surface area contributed by atoms with Crippen molar-refractivity contribution in [3.8, 4) is 17.2 Å². The summed E-state index contributed by atoms with van der Waals surface area (Å²) in [7, 11) is 1.59. The Hall–Kier alpha value is -3.71. The third kappa shape index (κ3) is 8.15. The molecule has 0 fully saturated rings. The molecule has 0 aliphatic carbocycles. The van der Waals surface area contributed by atoms with E-state index >= 15 is 0 Å². The van der Waals surface area contributed by atoms with Gasteiger partial charge in [-0.05, 0) is 66.8 Å². The summed E-state index contributed by atoms with van der Waals surface area (Å²) in [4.78, 5) is 26.1. The van der Waals surface area contributed by atoms with Crippen molar-refractivity contribution >= 4 is 29.9 Å². The minimum Gasteiger partial charge on any atom is -0.493 e. The number of hydrogen-bond donors (Lipinski definition) is 0. The molecule has 38 heavy (non-hydrogen) atoms. The van der Waals surface area contributed by atoms with Crippen LogP contribution in [0.2, 0.25) is 0 Å². The molecule has 0 N–H and O–H groups in total. The lowest BCUT2D eigenvalue weighted by molar-refractivity contribution is -0.131. The first-order valence-electron chi connectivity index (χ1n) is 12.7. The monoisotopic (exact) mass is 533 g/mol. The van der Waals surface area contributed by atoms with E-state index in [0.717, 1.165) is 29.7 Å². The predicted octanol–water partition coefficient (Wildman–Crippen LogP) is 7.22. The first kappa shape index (κ1) is 28.9. The average molecular weight is 534 g/mol. The van der Waals surface area contributed by atoms with E-state index in [1.54, 1.807) is 41.8 Å². The molecule has 0 unspecified atom stereocenters. The zero-order valence-electron chi connectivity index (χ0n) is 22.3. The number of esters is 1. The summed E-state index contributed by atoms with van der Waals surface area (Å²) in [6, 6.07) is 20.7. The Balaban J connectivity index is 1.87. The van der Waals surface area contributed by atoms with Crippen LogP contribution in [0.25, 0.3) is 6.08 Å². The number of carbonyl (C=O) groups is 2. The lowest BCUT2D eigenvalue weighted by atomic mass is 10.0. The number of nitrogens with zero attached hydrogens (tertiary/aromatic N) is 1. The molecular weight excluding hydrogens is 498 g/mol. The number of unbranched alkanes of at least 4 members (excludes halogenated alkanes) is 2. The first-order valence-corrected chi connectivity index (χ1v) is 13.5. The summed E-state index contributed by atoms with van der Waals surface area (Å²) in [6.07, 6.45) is 5.34. The van der Waals surface area contributed by atoms with Crippen molar-refractivity contribution in [2.75, 3.05) is 20.3 Å². The van der Waals surface area contributed by atoms with Crippen molar-refractivity contribution in [3.63, 3.8) is 0 Å². The molecule has 0 atom stereocenters. The smallest absolute Gasteiger partial charge is 0.308 e. The van der Waals surface area contributed by atoms with Gasteiger partial charge in [0.05, 0.1) is 19.3 Å². The second-order valence-corrected chi connectivity index (χ2v) is 9.71. The van der Waals surface area contributed by atoms with Gasteiger partial charge in [-0.15, -0.1) is 0 Å². The second-order valence-electron chi connectivity index (χ2n) is 8.62. The van der Waals surface area contributed by atoms with Crippen LogP contribution in [0.4, 0.5) is 0 Å². The van der Waals surface area contributed by atoms with Crippen molar-refractivity contribution in [2.24, 2.45) is 0 Å². The van der Waals surface area contributed by atoms with Gasteiger partial charge in [-0.3, -0.25) is 13.9 Å². The summed E-state index contributed by atoms with van der Waals surface area (Å²) in [5, 5.41) is 0. The van der Waals surface area contributed by atoms with Gasteiger partial charge in [-0.1, -0.05) is 62.8 Å². The number of ether oxygens (including phenoxy) is 3. The van der Waals surface area contributed by atoms with Crippen LogP contribution >= 0.6 is 11.9 Å². The van der Waals surface area contributed by atoms with E-state index in [-0.39, 0.29) is 11.9 Å². The van der Waals surface area contributed by atoms with E-state index in [1.807, 2.05) is 42.5 Å². The molecule has 0 heterocycles. The molecule has 0 radical (unpaired) electrons. The van der Waals surface area contributed by atoms with E-state index in [0.29, 0.717) is 47.9 Å². The zero-order chi connectivity index (χ0) is 27.3. The van der Waals surface area contributed by atoms with E-state index in [2.05, 4.69) is 13.5 Å². The minimum absolute atomic E-state index is 0.147. The zero-order valence-corrected chi connectivity index (χ0v) is 23.1. The summed E-state index contributed by atoms with van der Waals surface area (Å²) in [6.45, 7) is 8.48. The Bertz CT molecular complexity index is 1210. The Kier molecular flexibility index (Phi) is 11.3. The number of methoxy groups -OCH3 is 1. The van der Waals surface area contributed by atoms with Gasteiger partial charge in [0.15, 0.2) is 11.5 Å². The summed E-state index contributed by atoms with van der Waals surface area (Å²) >= 11 is 1.39. The number of hydrogen-bond acceptors (Lipinski definition) is 6. The standard InChI is InChI=1S/C31H35NO5S/c1-5-7-11-22-36-30-27(6-2)28(18-19-29(30)35-4)31(34)32(38-26-12-9-8-10-13-26)21-20-24-14-16-25(17-15-24)37-23(3)33/h6,8-10,12-19H,2,5,7,11,20-22H2,1,3-4H3. The fourth-order valence-electron chi connectivity index (χ4n) is 3.86. The average Bonchev–Trinajstić information content (AvgIpc) is 2.93. The highest BCUT2D eigenvalue weighted by Gasteiger charge is 2.24. The van der Waals surface area contributed by atoms with Gasteiger partial charge in [0.2, 0.25) is 0 Å². The highest BCUT2D eigenvalue weighted by molar-refractivity contribution is 7.97. The molecule has 0 bridgehead atoms. The number of rotatable bonds is 14. The molecule has 0 aliphatic rings. The normalized spacial score (nSPS) is 10.5. The molecular formula is C31H35NO5S. The van der Waals surface area contributed by atoms with Crippen molar-refractivity contribution in [1.29, 1.82) is 0 Å². The first-order chi connectivity index (χ1) is 18.5. The van der Waals surface area contributed by atoms with Gasteiger partial charge in [-0.25, -0.2) is 0 Å². The molecule has 3 aromatic rings. The lowest BCUT2D eigenvalue weighted by Gasteiger charge is -2.24. The minimum atomic E-state index is -0.361. The topological polar surface area (TPSA) is 65.1 Å². The molecule has 0 saturated heterocycles. The van der Waals surface area contributed by atoms with Gasteiger partial charge in [0, 0.05) is 23.9 Å². The van der Waals surface area contributed by atoms with Gasteiger partial charge in [0.25, 0.3) is 5.91 Å². The van der Waals surface area contributed by atoms with Gasteiger partial charge in [-0.2, -0.15) is 0 Å². The Morgan fingerprint density at radius 3 is 2.37 bits per heavy atom. The summed E-state index contributed by atoms with van der Waals surface area (Å²) in [5.74, 6) is 1.10. The van der Waals surface area contributed by atoms with Crippen molar-refractivity contribution in [1.82, 2.24) is 4.31 Å². The van der Waals surface area contributed by atoms with Crippen LogP contribution in [0.3, 0.4) is 0 Å². The fraction of sp³-hybridized carbons (Fsp3) is 0.290. The molecule has 200 valence electrons. The van der Waals surface area contributed by atoms with Gasteiger partial charge in [0.1, 0.15) is 5.75 Å². The molecule has 0 saturated carbocycles. The largest absolute Gasteiger partial charge is 0.493 e. The number of benzene rings is 3. The Morgan fingerprint density at radius 2 is 1.74 bits per heavy atom. The van der Waals surface area contributed by atoms with E-state index in [4.69, 9.17) is 14.2 Å². The fourth-order valence-corrected chi connectivity index (χ4v) is 4.75. The maximum atomic E-state index is 14.0. The van der Waals surface area contributed by atoms with Crippen molar-refractivity contribution < 1.29 is 23.8 Å². The molecule has 7 heteroatoms. The quantitative estimate of drug-likeness (QED) is 0.0943. The molecule has 3 aromatic carbocycles. The molecule has 0 aliphatic heterocycles. The summed E-state index contributed by atoms with van der Waals surface area (Å²) < 4.78 is 18.5. The molecule has 6 nitrogen and oxygen atoms in total. The van der Waals surface area contributed by atoms with Crippen LogP contribution < -0.4 is 14.2 Å². The molecule has 1 amide bonds. The van der Waals surface area contributed by atoms with Crippen LogP contribution in [0.1, 0.15) is 54.6 Å². The van der Waals surface area contributed by atoms with Crippen molar-refractivity contribution in [3.05, 3.63) is 90.0 Å².